The number of aryl methyl sites for hydroxylation is 1. The minimum Gasteiger partial charge on any atom is -0.497 e. The summed E-state index contributed by atoms with van der Waals surface area (Å²) in [6.45, 7) is 1.69. The number of carbonyl (C=O) groups excluding carboxylic acids is 2. The summed E-state index contributed by atoms with van der Waals surface area (Å²) in [5.41, 5.74) is 0.820. The van der Waals surface area contributed by atoms with Crippen molar-refractivity contribution in [2.45, 2.75) is 6.92 Å². The number of ether oxygens (including phenoxy) is 2. The number of nitriles is 1. The Balaban J connectivity index is 1.68. The van der Waals surface area contributed by atoms with E-state index in [2.05, 4.69) is 10.5 Å². The van der Waals surface area contributed by atoms with E-state index in [0.717, 1.165) is 0 Å². The molecular weight excluding hydrogens is 386 g/mol. The molecule has 0 aliphatic heterocycles. The molecule has 0 radical (unpaired) electrons. The van der Waals surface area contributed by atoms with Gasteiger partial charge in [-0.25, -0.2) is 4.79 Å². The standard InChI is InChI=1S/C22H17N3O5/c1-14-10-20(25-30-14)24-21(26)17(13-23)11-15-6-8-18(9-7-15)29-22(27)16-4-3-5-19(12-16)28-2/h3-12H,1-2H3,(H,24,25,26)/b17-11-. The van der Waals surface area contributed by atoms with Crippen LogP contribution in [-0.4, -0.2) is 24.1 Å². The van der Waals surface area contributed by atoms with Gasteiger partial charge in [-0.2, -0.15) is 5.26 Å². The number of methoxy groups -OCH3 is 1. The highest BCUT2D eigenvalue weighted by atomic mass is 16.5. The summed E-state index contributed by atoms with van der Waals surface area (Å²) < 4.78 is 15.3. The van der Waals surface area contributed by atoms with Crippen molar-refractivity contribution in [3.05, 3.63) is 77.1 Å². The van der Waals surface area contributed by atoms with Gasteiger partial charge in [0.25, 0.3) is 5.91 Å². The first-order chi connectivity index (χ1) is 14.5. The highest BCUT2D eigenvalue weighted by Gasteiger charge is 2.13. The molecule has 8 heteroatoms. The highest BCUT2D eigenvalue weighted by molar-refractivity contribution is 6.09. The topological polar surface area (TPSA) is 114 Å². The third-order valence-electron chi connectivity index (χ3n) is 3.94. The van der Waals surface area contributed by atoms with E-state index in [4.69, 9.17) is 14.0 Å². The molecule has 1 N–H and O–H groups in total. The van der Waals surface area contributed by atoms with Gasteiger partial charge in [0.05, 0.1) is 12.7 Å². The lowest BCUT2D eigenvalue weighted by atomic mass is 10.1. The van der Waals surface area contributed by atoms with Gasteiger partial charge in [0, 0.05) is 6.07 Å². The number of hydrogen-bond acceptors (Lipinski definition) is 7. The van der Waals surface area contributed by atoms with Crippen molar-refractivity contribution in [2.75, 3.05) is 12.4 Å². The van der Waals surface area contributed by atoms with Crippen molar-refractivity contribution in [2.24, 2.45) is 0 Å². The zero-order valence-electron chi connectivity index (χ0n) is 16.2. The quantitative estimate of drug-likeness (QED) is 0.288. The summed E-state index contributed by atoms with van der Waals surface area (Å²) in [6, 6.07) is 16.4. The third kappa shape index (κ3) is 5.11. The zero-order valence-corrected chi connectivity index (χ0v) is 16.2. The molecule has 0 aliphatic rings. The lowest BCUT2D eigenvalue weighted by Gasteiger charge is -2.06. The number of aromatic nitrogens is 1. The molecule has 0 aliphatic carbocycles. The number of carbonyl (C=O) groups is 2. The van der Waals surface area contributed by atoms with Crippen LogP contribution in [-0.2, 0) is 4.79 Å². The highest BCUT2D eigenvalue weighted by Crippen LogP contribution is 2.19. The second-order valence-electron chi connectivity index (χ2n) is 6.14. The van der Waals surface area contributed by atoms with Gasteiger partial charge in [0.15, 0.2) is 5.82 Å². The van der Waals surface area contributed by atoms with Crippen LogP contribution < -0.4 is 14.8 Å². The van der Waals surface area contributed by atoms with Crippen LogP contribution in [0.25, 0.3) is 6.08 Å². The van der Waals surface area contributed by atoms with Crippen molar-refractivity contribution in [3.8, 4) is 17.6 Å². The van der Waals surface area contributed by atoms with E-state index in [0.29, 0.717) is 28.4 Å². The molecule has 0 saturated carbocycles. The monoisotopic (exact) mass is 403 g/mol. The van der Waals surface area contributed by atoms with Gasteiger partial charge < -0.3 is 19.3 Å². The molecule has 150 valence electrons. The zero-order chi connectivity index (χ0) is 21.5. The van der Waals surface area contributed by atoms with Crippen LogP contribution in [0.15, 0.2) is 64.7 Å². The van der Waals surface area contributed by atoms with Crippen LogP contribution in [0, 0.1) is 18.3 Å². The maximum atomic E-state index is 12.3. The molecule has 0 unspecified atom stereocenters. The van der Waals surface area contributed by atoms with Crippen LogP contribution in [0.5, 0.6) is 11.5 Å². The van der Waals surface area contributed by atoms with E-state index < -0.39 is 11.9 Å². The number of esters is 1. The molecule has 3 rings (SSSR count). The largest absolute Gasteiger partial charge is 0.497 e. The Morgan fingerprint density at radius 1 is 1.13 bits per heavy atom. The number of nitrogens with one attached hydrogen (secondary N) is 1. The lowest BCUT2D eigenvalue weighted by molar-refractivity contribution is -0.112. The van der Waals surface area contributed by atoms with Gasteiger partial charge in [-0.15, -0.1) is 0 Å². The van der Waals surface area contributed by atoms with Crippen LogP contribution in [0.4, 0.5) is 5.82 Å². The maximum Gasteiger partial charge on any atom is 0.343 e. The van der Waals surface area contributed by atoms with Gasteiger partial charge in [0.1, 0.15) is 28.9 Å². The maximum absolute atomic E-state index is 12.3. The van der Waals surface area contributed by atoms with Crippen molar-refractivity contribution in [1.82, 2.24) is 5.16 Å². The number of anilines is 1. The van der Waals surface area contributed by atoms with Gasteiger partial charge in [0.2, 0.25) is 0 Å². The van der Waals surface area contributed by atoms with E-state index >= 15 is 0 Å². The normalized spacial score (nSPS) is 10.8. The first-order valence-electron chi connectivity index (χ1n) is 8.81. The van der Waals surface area contributed by atoms with Gasteiger partial charge >= 0.3 is 5.97 Å². The average Bonchev–Trinajstić information content (AvgIpc) is 3.17. The van der Waals surface area contributed by atoms with Gasteiger partial charge in [-0.05, 0) is 48.9 Å². The van der Waals surface area contributed by atoms with Gasteiger partial charge in [-0.3, -0.25) is 4.79 Å². The number of benzene rings is 2. The van der Waals surface area contributed by atoms with Crippen LogP contribution in [0.2, 0.25) is 0 Å². The molecule has 0 atom stereocenters. The van der Waals surface area contributed by atoms with Crippen molar-refractivity contribution < 1.29 is 23.6 Å². The molecule has 0 saturated heterocycles. The first kappa shape index (κ1) is 20.4. The minimum absolute atomic E-state index is 0.114. The Bertz CT molecular complexity index is 1140. The van der Waals surface area contributed by atoms with Crippen LogP contribution >= 0.6 is 0 Å². The number of nitrogens with zero attached hydrogens (tertiary/aromatic N) is 2. The predicted molar refractivity (Wildman–Crippen MR) is 108 cm³/mol. The fraction of sp³-hybridized carbons (Fsp3) is 0.0909. The first-order valence-corrected chi connectivity index (χ1v) is 8.81. The average molecular weight is 403 g/mol. The smallest absolute Gasteiger partial charge is 0.343 e. The van der Waals surface area contributed by atoms with E-state index in [1.165, 1.54) is 13.2 Å². The van der Waals surface area contributed by atoms with Crippen molar-refractivity contribution >= 4 is 23.8 Å². The van der Waals surface area contributed by atoms with Gasteiger partial charge in [-0.1, -0.05) is 23.4 Å². The Hall–Kier alpha value is -4.38. The predicted octanol–water partition coefficient (Wildman–Crippen LogP) is 3.76. The number of hydrogen-bond donors (Lipinski definition) is 1. The Morgan fingerprint density at radius 2 is 1.90 bits per heavy atom. The molecule has 3 aromatic rings. The molecule has 0 fully saturated rings. The summed E-state index contributed by atoms with van der Waals surface area (Å²) >= 11 is 0. The third-order valence-corrected chi connectivity index (χ3v) is 3.94. The van der Waals surface area contributed by atoms with Crippen molar-refractivity contribution in [1.29, 1.82) is 5.26 Å². The van der Waals surface area contributed by atoms with E-state index in [1.54, 1.807) is 61.5 Å². The summed E-state index contributed by atoms with van der Waals surface area (Å²) in [6.07, 6.45) is 1.41. The summed E-state index contributed by atoms with van der Waals surface area (Å²) in [4.78, 5) is 24.5. The lowest BCUT2D eigenvalue weighted by Crippen LogP contribution is -2.13. The Kier molecular flexibility index (Phi) is 6.25. The number of rotatable bonds is 6. The molecule has 1 aromatic heterocycles. The minimum atomic E-state index is -0.612. The summed E-state index contributed by atoms with van der Waals surface area (Å²) in [7, 11) is 1.51. The van der Waals surface area contributed by atoms with E-state index in [9.17, 15) is 14.9 Å². The fourth-order valence-electron chi connectivity index (χ4n) is 2.47. The van der Waals surface area contributed by atoms with E-state index in [1.807, 2.05) is 6.07 Å². The van der Waals surface area contributed by atoms with Crippen molar-refractivity contribution in [3.63, 3.8) is 0 Å². The Morgan fingerprint density at radius 3 is 2.53 bits per heavy atom. The molecule has 2 aromatic carbocycles. The van der Waals surface area contributed by atoms with E-state index in [-0.39, 0.29) is 11.4 Å². The second-order valence-corrected chi connectivity index (χ2v) is 6.14. The fourth-order valence-corrected chi connectivity index (χ4v) is 2.47. The molecule has 1 heterocycles. The molecule has 0 bridgehead atoms. The second kappa shape index (κ2) is 9.21. The molecule has 1 amide bonds. The molecular formula is C22H17N3O5. The van der Waals surface area contributed by atoms with Crippen LogP contribution in [0.1, 0.15) is 21.7 Å². The van der Waals surface area contributed by atoms with Crippen LogP contribution in [0.3, 0.4) is 0 Å². The number of amides is 1. The molecule has 30 heavy (non-hydrogen) atoms. The molecule has 0 spiro atoms. The molecule has 8 nitrogen and oxygen atoms in total. The SMILES string of the molecule is COc1cccc(C(=O)Oc2ccc(/C=C(/C#N)C(=O)Nc3cc(C)on3)cc2)c1. The summed E-state index contributed by atoms with van der Waals surface area (Å²) in [5, 5.41) is 15.4. The summed E-state index contributed by atoms with van der Waals surface area (Å²) in [5.74, 6) is 0.482. The Labute approximate surface area is 172 Å².